The number of rotatable bonds is 7. The van der Waals surface area contributed by atoms with Crippen LogP contribution in [0.1, 0.15) is 31.7 Å². The number of aliphatic carboxylic acids is 1. The number of carbonyl (C=O) groups is 1. The van der Waals surface area contributed by atoms with Crippen molar-refractivity contribution in [2.24, 2.45) is 0 Å². The lowest BCUT2D eigenvalue weighted by molar-refractivity contribution is -0.139. The normalized spacial score (nSPS) is 13.8. The summed E-state index contributed by atoms with van der Waals surface area (Å²) in [6.45, 7) is 1.81. The molecule has 10 heteroatoms. The van der Waals surface area contributed by atoms with Crippen LogP contribution in [-0.2, 0) is 21.0 Å². The maximum absolute atomic E-state index is 12.4. The fourth-order valence-electron chi connectivity index (χ4n) is 1.60. The third-order valence-electron chi connectivity index (χ3n) is 2.78. The highest BCUT2D eigenvalue weighted by Gasteiger charge is 2.32. The van der Waals surface area contributed by atoms with Gasteiger partial charge in [-0.25, -0.2) is 13.4 Å². The number of aromatic nitrogens is 1. The van der Waals surface area contributed by atoms with Crippen molar-refractivity contribution in [3.63, 3.8) is 0 Å². The molecule has 0 bridgehead atoms. The van der Waals surface area contributed by atoms with Crippen molar-refractivity contribution in [1.29, 1.82) is 0 Å². The molecule has 1 heterocycles. The van der Waals surface area contributed by atoms with Crippen LogP contribution in [0.4, 0.5) is 13.2 Å². The standard InChI is InChI=1S/C12H15F3N2O4S/c1-2-3-4-9(11(18)19)17-22(20,21)10-6-5-8(7-16-10)12(13,14)15/h5-7,9,17H,2-4H2,1H3,(H,18,19). The predicted octanol–water partition coefficient (Wildman–Crippen LogP) is 2.02. The summed E-state index contributed by atoms with van der Waals surface area (Å²) in [5.74, 6) is -1.36. The molecule has 0 aromatic carbocycles. The number of nitrogens with zero attached hydrogens (tertiary/aromatic N) is 1. The number of halogens is 3. The molecule has 22 heavy (non-hydrogen) atoms. The van der Waals surface area contributed by atoms with Gasteiger partial charge in [0, 0.05) is 6.20 Å². The number of sulfonamides is 1. The van der Waals surface area contributed by atoms with Gasteiger partial charge < -0.3 is 5.11 Å². The lowest BCUT2D eigenvalue weighted by Crippen LogP contribution is -2.40. The van der Waals surface area contributed by atoms with E-state index >= 15 is 0 Å². The Hall–Kier alpha value is -1.68. The Morgan fingerprint density at radius 1 is 1.41 bits per heavy atom. The van der Waals surface area contributed by atoms with Crippen molar-refractivity contribution < 1.29 is 31.5 Å². The molecule has 1 aromatic heterocycles. The number of unbranched alkanes of at least 4 members (excludes halogenated alkanes) is 1. The lowest BCUT2D eigenvalue weighted by Gasteiger charge is -2.14. The molecule has 0 spiro atoms. The van der Waals surface area contributed by atoms with E-state index in [1.165, 1.54) is 0 Å². The van der Waals surface area contributed by atoms with Gasteiger partial charge in [-0.15, -0.1) is 0 Å². The summed E-state index contributed by atoms with van der Waals surface area (Å²) in [5.41, 5.74) is -1.09. The summed E-state index contributed by atoms with van der Waals surface area (Å²) in [6.07, 6.45) is -3.01. The summed E-state index contributed by atoms with van der Waals surface area (Å²) in [4.78, 5) is 14.2. The average molecular weight is 340 g/mol. The summed E-state index contributed by atoms with van der Waals surface area (Å²) >= 11 is 0. The molecule has 0 amide bonds. The van der Waals surface area contributed by atoms with Crippen LogP contribution in [0.5, 0.6) is 0 Å². The van der Waals surface area contributed by atoms with Gasteiger partial charge in [0.1, 0.15) is 6.04 Å². The molecule has 0 saturated heterocycles. The lowest BCUT2D eigenvalue weighted by atomic mass is 10.1. The van der Waals surface area contributed by atoms with Crippen LogP contribution in [0.25, 0.3) is 0 Å². The third-order valence-corrected chi connectivity index (χ3v) is 4.17. The van der Waals surface area contributed by atoms with E-state index in [1.54, 1.807) is 0 Å². The van der Waals surface area contributed by atoms with E-state index in [0.29, 0.717) is 31.2 Å². The number of hydrogen-bond acceptors (Lipinski definition) is 4. The highest BCUT2D eigenvalue weighted by atomic mass is 32.2. The first-order valence-electron chi connectivity index (χ1n) is 6.36. The van der Waals surface area contributed by atoms with Crippen molar-refractivity contribution in [2.75, 3.05) is 0 Å². The number of alkyl halides is 3. The third kappa shape index (κ3) is 4.95. The van der Waals surface area contributed by atoms with Crippen LogP contribution in [0.3, 0.4) is 0 Å². The van der Waals surface area contributed by atoms with Gasteiger partial charge in [-0.3, -0.25) is 4.79 Å². The van der Waals surface area contributed by atoms with Gasteiger partial charge >= 0.3 is 12.1 Å². The largest absolute Gasteiger partial charge is 0.480 e. The van der Waals surface area contributed by atoms with Gasteiger partial charge in [-0.1, -0.05) is 19.8 Å². The van der Waals surface area contributed by atoms with Crippen LogP contribution in [0, 0.1) is 0 Å². The quantitative estimate of drug-likeness (QED) is 0.792. The number of hydrogen-bond donors (Lipinski definition) is 2. The molecule has 0 saturated carbocycles. The van der Waals surface area contributed by atoms with Crippen LogP contribution in [0.2, 0.25) is 0 Å². The Morgan fingerprint density at radius 3 is 2.45 bits per heavy atom. The molecule has 2 N–H and O–H groups in total. The van der Waals surface area contributed by atoms with Gasteiger partial charge in [0.25, 0.3) is 10.0 Å². The second kappa shape index (κ2) is 7.05. The first kappa shape index (κ1) is 18.4. The molecule has 1 unspecified atom stereocenters. The number of nitrogens with one attached hydrogen (secondary N) is 1. The van der Waals surface area contributed by atoms with Crippen LogP contribution >= 0.6 is 0 Å². The minimum absolute atomic E-state index is 0.0751. The summed E-state index contributed by atoms with van der Waals surface area (Å²) in [7, 11) is -4.31. The second-order valence-corrected chi connectivity index (χ2v) is 6.20. The van der Waals surface area contributed by atoms with Gasteiger partial charge in [0.15, 0.2) is 5.03 Å². The highest BCUT2D eigenvalue weighted by molar-refractivity contribution is 7.89. The minimum Gasteiger partial charge on any atom is -0.480 e. The van der Waals surface area contributed by atoms with Crippen molar-refractivity contribution >= 4 is 16.0 Å². The van der Waals surface area contributed by atoms with Crippen molar-refractivity contribution in [1.82, 2.24) is 9.71 Å². The van der Waals surface area contributed by atoms with E-state index in [2.05, 4.69) is 4.98 Å². The van der Waals surface area contributed by atoms with E-state index < -0.39 is 38.8 Å². The molecular formula is C12H15F3N2O4S. The molecule has 1 atom stereocenters. The van der Waals surface area contributed by atoms with Gasteiger partial charge in [0.05, 0.1) is 5.56 Å². The predicted molar refractivity (Wildman–Crippen MR) is 70.5 cm³/mol. The summed E-state index contributed by atoms with van der Waals surface area (Å²) in [5, 5.41) is 8.30. The molecule has 124 valence electrons. The van der Waals surface area contributed by atoms with E-state index in [4.69, 9.17) is 5.11 Å². The van der Waals surface area contributed by atoms with E-state index in [9.17, 15) is 26.4 Å². The van der Waals surface area contributed by atoms with Crippen LogP contribution in [-0.4, -0.2) is 30.5 Å². The molecule has 0 aliphatic heterocycles. The highest BCUT2D eigenvalue weighted by Crippen LogP contribution is 2.28. The molecule has 0 aliphatic carbocycles. The number of carboxylic acids is 1. The minimum atomic E-state index is -4.63. The number of pyridine rings is 1. The zero-order chi connectivity index (χ0) is 17.0. The smallest absolute Gasteiger partial charge is 0.417 e. The van der Waals surface area contributed by atoms with Crippen molar-refractivity contribution in [3.8, 4) is 0 Å². The second-order valence-electron chi connectivity index (χ2n) is 4.54. The van der Waals surface area contributed by atoms with Crippen LogP contribution < -0.4 is 4.72 Å². The fourth-order valence-corrected chi connectivity index (χ4v) is 2.75. The first-order chi connectivity index (χ1) is 10.1. The zero-order valence-corrected chi connectivity index (χ0v) is 12.4. The van der Waals surface area contributed by atoms with Gasteiger partial charge in [-0.2, -0.15) is 17.9 Å². The maximum Gasteiger partial charge on any atom is 0.417 e. The van der Waals surface area contributed by atoms with E-state index in [1.807, 2.05) is 11.6 Å². The molecular weight excluding hydrogens is 325 g/mol. The van der Waals surface area contributed by atoms with Crippen molar-refractivity contribution in [2.45, 2.75) is 43.4 Å². The average Bonchev–Trinajstić information content (AvgIpc) is 2.42. The molecule has 6 nitrogen and oxygen atoms in total. The molecule has 1 rings (SSSR count). The Morgan fingerprint density at radius 2 is 2.05 bits per heavy atom. The SMILES string of the molecule is CCCCC(NS(=O)(=O)c1ccc(C(F)(F)F)cn1)C(=O)O. The first-order valence-corrected chi connectivity index (χ1v) is 7.84. The summed E-state index contributed by atoms with van der Waals surface area (Å²) < 4.78 is 63.0. The van der Waals surface area contributed by atoms with E-state index in [-0.39, 0.29) is 6.42 Å². The Bertz CT molecular complexity index is 614. The van der Waals surface area contributed by atoms with E-state index in [0.717, 1.165) is 0 Å². The van der Waals surface area contributed by atoms with Gasteiger partial charge in [0.2, 0.25) is 0 Å². The van der Waals surface area contributed by atoms with Crippen molar-refractivity contribution in [3.05, 3.63) is 23.9 Å². The van der Waals surface area contributed by atoms with Crippen LogP contribution in [0.15, 0.2) is 23.4 Å². The summed E-state index contributed by atoms with van der Waals surface area (Å²) in [6, 6.07) is -0.0955. The molecule has 0 radical (unpaired) electrons. The number of carboxylic acid groups (broad SMARTS) is 1. The Kier molecular flexibility index (Phi) is 5.89. The maximum atomic E-state index is 12.4. The fraction of sp³-hybridized carbons (Fsp3) is 0.500. The topological polar surface area (TPSA) is 96.4 Å². The molecule has 1 aromatic rings. The Balaban J connectivity index is 2.96. The van der Waals surface area contributed by atoms with Gasteiger partial charge in [-0.05, 0) is 18.6 Å². The molecule has 0 fully saturated rings. The Labute approximate surface area is 125 Å². The molecule has 0 aliphatic rings. The zero-order valence-electron chi connectivity index (χ0n) is 11.6. The monoisotopic (exact) mass is 340 g/mol.